The van der Waals surface area contributed by atoms with Gasteiger partial charge in [0.1, 0.15) is 11.2 Å². The zero-order valence-corrected chi connectivity index (χ0v) is 12.1. The van der Waals surface area contributed by atoms with Gasteiger partial charge in [-0.3, -0.25) is 14.0 Å². The monoisotopic (exact) mass is 285 g/mol. The van der Waals surface area contributed by atoms with Crippen LogP contribution in [0, 0.1) is 6.92 Å². The highest BCUT2D eigenvalue weighted by molar-refractivity contribution is 5.94. The first-order chi connectivity index (χ1) is 10.2. The van der Waals surface area contributed by atoms with Crippen LogP contribution in [0.5, 0.6) is 0 Å². The molecule has 2 aromatic rings. The molecule has 5 nitrogen and oxygen atoms in total. The Morgan fingerprint density at radius 2 is 2.10 bits per heavy atom. The van der Waals surface area contributed by atoms with Crippen molar-refractivity contribution in [1.82, 2.24) is 14.7 Å². The minimum atomic E-state index is -0.310. The number of rotatable bonds is 2. The molecule has 0 saturated heterocycles. The number of nitrogens with one attached hydrogen (secondary N) is 1. The summed E-state index contributed by atoms with van der Waals surface area (Å²) in [6, 6.07) is 3.86. The molecule has 21 heavy (non-hydrogen) atoms. The summed E-state index contributed by atoms with van der Waals surface area (Å²) in [7, 11) is 0. The van der Waals surface area contributed by atoms with Gasteiger partial charge in [0.25, 0.3) is 11.5 Å². The Kier molecular flexibility index (Phi) is 3.73. The van der Waals surface area contributed by atoms with Gasteiger partial charge in [0.05, 0.1) is 0 Å². The molecule has 1 amide bonds. The Labute approximate surface area is 123 Å². The highest BCUT2D eigenvalue weighted by Gasteiger charge is 2.19. The summed E-state index contributed by atoms with van der Waals surface area (Å²) in [5.41, 5.74) is 1.31. The smallest absolute Gasteiger partial charge is 0.270 e. The Hall–Kier alpha value is -2.17. The van der Waals surface area contributed by atoms with E-state index in [1.165, 1.54) is 17.0 Å². The number of hydrogen-bond donors (Lipinski definition) is 1. The molecule has 0 bridgehead atoms. The van der Waals surface area contributed by atoms with E-state index in [0.717, 1.165) is 31.2 Å². The topological polar surface area (TPSA) is 63.5 Å². The summed E-state index contributed by atoms with van der Waals surface area (Å²) < 4.78 is 1.44. The normalized spacial score (nSPS) is 16.0. The average Bonchev–Trinajstić information content (AvgIpc) is 2.49. The fourth-order valence-electron chi connectivity index (χ4n) is 2.91. The second-order valence-electron chi connectivity index (χ2n) is 5.67. The van der Waals surface area contributed by atoms with Crippen LogP contribution >= 0.6 is 0 Å². The van der Waals surface area contributed by atoms with E-state index in [2.05, 4.69) is 10.3 Å². The van der Waals surface area contributed by atoms with Crippen LogP contribution in [0.25, 0.3) is 5.65 Å². The van der Waals surface area contributed by atoms with Crippen molar-refractivity contribution < 1.29 is 4.79 Å². The van der Waals surface area contributed by atoms with Crippen molar-refractivity contribution in [1.29, 1.82) is 0 Å². The number of carbonyl (C=O) groups is 1. The molecule has 2 heterocycles. The van der Waals surface area contributed by atoms with E-state index in [-0.39, 0.29) is 23.1 Å². The minimum absolute atomic E-state index is 0.115. The van der Waals surface area contributed by atoms with Crippen molar-refractivity contribution in [3.63, 3.8) is 0 Å². The molecule has 0 radical (unpaired) electrons. The maximum Gasteiger partial charge on any atom is 0.270 e. The number of fused-ring (bicyclic) bond motifs is 1. The molecule has 1 fully saturated rings. The third kappa shape index (κ3) is 2.68. The number of aromatic nitrogens is 2. The number of aryl methyl sites for hydroxylation is 1. The van der Waals surface area contributed by atoms with Crippen LogP contribution in [0.2, 0.25) is 0 Å². The van der Waals surface area contributed by atoms with Gasteiger partial charge >= 0.3 is 0 Å². The fourth-order valence-corrected chi connectivity index (χ4v) is 2.91. The zero-order chi connectivity index (χ0) is 14.8. The molecule has 110 valence electrons. The van der Waals surface area contributed by atoms with Crippen molar-refractivity contribution >= 4 is 11.6 Å². The predicted octanol–water partition coefficient (Wildman–Crippen LogP) is 2.07. The lowest BCUT2D eigenvalue weighted by molar-refractivity contribution is 0.0925. The van der Waals surface area contributed by atoms with Crippen molar-refractivity contribution in [2.75, 3.05) is 0 Å². The van der Waals surface area contributed by atoms with Gasteiger partial charge in [-0.2, -0.15) is 0 Å². The third-order valence-corrected chi connectivity index (χ3v) is 4.11. The average molecular weight is 285 g/mol. The van der Waals surface area contributed by atoms with E-state index < -0.39 is 0 Å². The van der Waals surface area contributed by atoms with Gasteiger partial charge in [0.2, 0.25) is 0 Å². The minimum Gasteiger partial charge on any atom is -0.349 e. The van der Waals surface area contributed by atoms with Crippen LogP contribution in [0.3, 0.4) is 0 Å². The molecule has 1 aliphatic carbocycles. The van der Waals surface area contributed by atoms with Gasteiger partial charge in [0.15, 0.2) is 0 Å². The first kappa shape index (κ1) is 13.8. The first-order valence-corrected chi connectivity index (χ1v) is 7.44. The van der Waals surface area contributed by atoms with Crippen LogP contribution in [0.4, 0.5) is 0 Å². The van der Waals surface area contributed by atoms with Gasteiger partial charge in [-0.05, 0) is 31.4 Å². The van der Waals surface area contributed by atoms with E-state index in [1.807, 2.05) is 13.0 Å². The van der Waals surface area contributed by atoms with Crippen molar-refractivity contribution in [2.24, 2.45) is 0 Å². The quantitative estimate of drug-likeness (QED) is 0.918. The lowest BCUT2D eigenvalue weighted by Gasteiger charge is -2.22. The van der Waals surface area contributed by atoms with E-state index >= 15 is 0 Å². The maximum absolute atomic E-state index is 12.4. The van der Waals surface area contributed by atoms with Crippen LogP contribution in [0.15, 0.2) is 29.3 Å². The molecular formula is C16H19N3O2. The third-order valence-electron chi connectivity index (χ3n) is 4.11. The van der Waals surface area contributed by atoms with Crippen LogP contribution in [0.1, 0.15) is 48.0 Å². The van der Waals surface area contributed by atoms with Crippen molar-refractivity contribution in [2.45, 2.75) is 45.1 Å². The number of pyridine rings is 1. The van der Waals surface area contributed by atoms with Crippen LogP contribution in [-0.4, -0.2) is 21.3 Å². The number of carbonyl (C=O) groups excluding carboxylic acids is 1. The molecule has 3 rings (SSSR count). The molecule has 0 unspecified atom stereocenters. The molecule has 0 aliphatic heterocycles. The van der Waals surface area contributed by atoms with Gasteiger partial charge in [-0.1, -0.05) is 25.3 Å². The number of amides is 1. The second kappa shape index (κ2) is 5.68. The molecule has 0 aromatic carbocycles. The van der Waals surface area contributed by atoms with Gasteiger partial charge in [0, 0.05) is 18.4 Å². The van der Waals surface area contributed by atoms with Gasteiger partial charge < -0.3 is 5.32 Å². The summed E-state index contributed by atoms with van der Waals surface area (Å²) in [4.78, 5) is 29.0. The summed E-state index contributed by atoms with van der Waals surface area (Å²) in [6.45, 7) is 1.89. The maximum atomic E-state index is 12.4. The Morgan fingerprint density at radius 3 is 2.86 bits per heavy atom. The largest absolute Gasteiger partial charge is 0.349 e. The fraction of sp³-hybridized carbons (Fsp3) is 0.438. The standard InChI is InChI=1S/C16H19N3O2/c1-11-6-5-9-19-14(11)17-10-13(16(19)21)15(20)18-12-7-3-2-4-8-12/h5-6,9-10,12H,2-4,7-8H2,1H3,(H,18,20). The lowest BCUT2D eigenvalue weighted by Crippen LogP contribution is -2.39. The molecule has 1 saturated carbocycles. The van der Waals surface area contributed by atoms with Crippen molar-refractivity contribution in [3.05, 3.63) is 46.0 Å². The second-order valence-corrected chi connectivity index (χ2v) is 5.67. The zero-order valence-electron chi connectivity index (χ0n) is 12.1. The molecule has 0 atom stereocenters. The van der Waals surface area contributed by atoms with Crippen LogP contribution in [-0.2, 0) is 0 Å². The molecule has 1 N–H and O–H groups in total. The molecule has 0 spiro atoms. The molecule has 5 heteroatoms. The van der Waals surface area contributed by atoms with E-state index in [0.29, 0.717) is 5.65 Å². The summed E-state index contributed by atoms with van der Waals surface area (Å²) in [5.74, 6) is -0.310. The summed E-state index contributed by atoms with van der Waals surface area (Å²) in [6.07, 6.45) is 8.53. The van der Waals surface area contributed by atoms with Gasteiger partial charge in [-0.25, -0.2) is 4.98 Å². The predicted molar refractivity (Wildman–Crippen MR) is 80.5 cm³/mol. The Morgan fingerprint density at radius 1 is 1.33 bits per heavy atom. The van der Waals surface area contributed by atoms with Gasteiger partial charge in [-0.15, -0.1) is 0 Å². The highest BCUT2D eigenvalue weighted by atomic mass is 16.2. The van der Waals surface area contributed by atoms with E-state index in [9.17, 15) is 9.59 Å². The molecule has 2 aromatic heterocycles. The first-order valence-electron chi connectivity index (χ1n) is 7.44. The highest BCUT2D eigenvalue weighted by Crippen LogP contribution is 2.17. The van der Waals surface area contributed by atoms with Crippen molar-refractivity contribution in [3.8, 4) is 0 Å². The lowest BCUT2D eigenvalue weighted by atomic mass is 9.95. The van der Waals surface area contributed by atoms with E-state index in [1.54, 1.807) is 12.3 Å². The molecular weight excluding hydrogens is 266 g/mol. The molecule has 1 aliphatic rings. The Bertz CT molecular complexity index is 730. The van der Waals surface area contributed by atoms with Crippen LogP contribution < -0.4 is 10.9 Å². The Balaban J connectivity index is 1.91. The van der Waals surface area contributed by atoms with E-state index in [4.69, 9.17) is 0 Å². The number of nitrogens with zero attached hydrogens (tertiary/aromatic N) is 2. The summed E-state index contributed by atoms with van der Waals surface area (Å²) in [5, 5.41) is 2.96. The number of hydrogen-bond acceptors (Lipinski definition) is 3. The SMILES string of the molecule is Cc1cccn2c(=O)c(C(=O)NC3CCCCC3)cnc12. The summed E-state index contributed by atoms with van der Waals surface area (Å²) >= 11 is 0.